The van der Waals surface area contributed by atoms with Crippen molar-refractivity contribution in [3.05, 3.63) is 53.9 Å². The molecule has 0 saturated carbocycles. The molecule has 0 unspecified atom stereocenters. The Morgan fingerprint density at radius 1 is 1.07 bits per heavy atom. The lowest BCUT2D eigenvalue weighted by Crippen LogP contribution is -2.59. The molecule has 144 valence electrons. The van der Waals surface area contributed by atoms with E-state index in [0.29, 0.717) is 26.2 Å². The van der Waals surface area contributed by atoms with E-state index in [0.717, 1.165) is 0 Å². The Morgan fingerprint density at radius 2 is 1.78 bits per heavy atom. The Labute approximate surface area is 159 Å². The van der Waals surface area contributed by atoms with Crippen LogP contribution < -0.4 is 0 Å². The minimum atomic E-state index is -3.12. The maximum Gasteiger partial charge on any atom is 0.219 e. The van der Waals surface area contributed by atoms with E-state index in [-0.39, 0.29) is 29.5 Å². The van der Waals surface area contributed by atoms with Crippen LogP contribution in [0.4, 0.5) is 0 Å². The Bertz CT molecular complexity index is 926. The second kappa shape index (κ2) is 7.09. The molecule has 1 aromatic heterocycles. The first-order valence-corrected chi connectivity index (χ1v) is 11.0. The number of aromatic nitrogens is 2. The van der Waals surface area contributed by atoms with Gasteiger partial charge in [0, 0.05) is 45.0 Å². The topological polar surface area (TPSA) is 75.5 Å². The molecule has 2 fully saturated rings. The van der Waals surface area contributed by atoms with Gasteiger partial charge in [0.25, 0.3) is 0 Å². The molecular formula is C19H24N4O3S. The van der Waals surface area contributed by atoms with Crippen LogP contribution in [0.5, 0.6) is 0 Å². The number of sulfone groups is 1. The third kappa shape index (κ3) is 3.77. The van der Waals surface area contributed by atoms with E-state index in [1.54, 1.807) is 11.1 Å². The molecule has 7 nitrogen and oxygen atoms in total. The van der Waals surface area contributed by atoms with E-state index in [2.05, 4.69) is 22.1 Å². The first-order chi connectivity index (χ1) is 12.9. The van der Waals surface area contributed by atoms with Gasteiger partial charge in [-0.25, -0.2) is 8.42 Å². The second-order valence-electron chi connectivity index (χ2n) is 7.37. The average molecular weight is 388 g/mol. The Hall–Kier alpha value is -2.19. The predicted octanol–water partition coefficient (Wildman–Crippen LogP) is 0.761. The highest BCUT2D eigenvalue weighted by Gasteiger charge is 2.47. The predicted molar refractivity (Wildman–Crippen MR) is 102 cm³/mol. The van der Waals surface area contributed by atoms with Crippen molar-refractivity contribution in [3.8, 4) is 0 Å². The van der Waals surface area contributed by atoms with Crippen LogP contribution in [0.15, 0.2) is 42.7 Å². The molecule has 2 aromatic rings. The minimum absolute atomic E-state index is 0.0409. The van der Waals surface area contributed by atoms with Gasteiger partial charge < -0.3 is 4.90 Å². The van der Waals surface area contributed by atoms with E-state index < -0.39 is 9.84 Å². The summed E-state index contributed by atoms with van der Waals surface area (Å²) in [6.07, 6.45) is 3.69. The largest absolute Gasteiger partial charge is 0.336 e. The molecule has 2 saturated heterocycles. The van der Waals surface area contributed by atoms with Gasteiger partial charge in [0.05, 0.1) is 24.1 Å². The van der Waals surface area contributed by atoms with E-state index >= 15 is 0 Å². The van der Waals surface area contributed by atoms with Crippen molar-refractivity contribution in [2.75, 3.05) is 24.6 Å². The number of fused-ring (bicyclic) bond motifs is 1. The van der Waals surface area contributed by atoms with Gasteiger partial charge in [0.1, 0.15) is 0 Å². The number of hydrogen-bond acceptors (Lipinski definition) is 5. The quantitative estimate of drug-likeness (QED) is 0.773. The lowest BCUT2D eigenvalue weighted by Gasteiger charge is -2.43. The van der Waals surface area contributed by atoms with Gasteiger partial charge >= 0.3 is 0 Å². The normalized spacial score (nSPS) is 24.7. The van der Waals surface area contributed by atoms with Crippen molar-refractivity contribution >= 4 is 15.7 Å². The van der Waals surface area contributed by atoms with Crippen molar-refractivity contribution in [2.24, 2.45) is 0 Å². The highest BCUT2D eigenvalue weighted by Crippen LogP contribution is 2.29. The molecule has 1 amide bonds. The van der Waals surface area contributed by atoms with Crippen molar-refractivity contribution in [1.29, 1.82) is 0 Å². The molecule has 4 rings (SSSR count). The van der Waals surface area contributed by atoms with Crippen LogP contribution in [0.1, 0.15) is 18.1 Å². The highest BCUT2D eigenvalue weighted by molar-refractivity contribution is 7.91. The smallest absolute Gasteiger partial charge is 0.219 e. The Balaban J connectivity index is 1.57. The summed E-state index contributed by atoms with van der Waals surface area (Å²) in [4.78, 5) is 15.9. The zero-order valence-corrected chi connectivity index (χ0v) is 16.2. The summed E-state index contributed by atoms with van der Waals surface area (Å²) in [5, 5.41) is 4.28. The molecule has 2 aliphatic heterocycles. The van der Waals surface area contributed by atoms with Crippen LogP contribution in [0.25, 0.3) is 0 Å². The van der Waals surface area contributed by atoms with Gasteiger partial charge in [-0.1, -0.05) is 24.3 Å². The maximum atomic E-state index is 12.3. The van der Waals surface area contributed by atoms with E-state index in [9.17, 15) is 13.2 Å². The van der Waals surface area contributed by atoms with Crippen LogP contribution in [0, 0.1) is 0 Å². The zero-order chi connectivity index (χ0) is 19.0. The van der Waals surface area contributed by atoms with Crippen molar-refractivity contribution in [1.82, 2.24) is 19.6 Å². The number of amides is 1. The van der Waals surface area contributed by atoms with E-state index in [4.69, 9.17) is 0 Å². The molecular weight excluding hydrogens is 364 g/mol. The lowest BCUT2D eigenvalue weighted by atomic mass is 10.0. The molecule has 1 aromatic carbocycles. The highest BCUT2D eigenvalue weighted by atomic mass is 32.2. The van der Waals surface area contributed by atoms with Crippen molar-refractivity contribution in [3.63, 3.8) is 0 Å². The Morgan fingerprint density at radius 3 is 2.44 bits per heavy atom. The number of carbonyl (C=O) groups excluding carboxylic acids is 1. The molecule has 3 heterocycles. The Kier molecular flexibility index (Phi) is 4.77. The fourth-order valence-corrected chi connectivity index (χ4v) is 6.28. The molecule has 0 spiro atoms. The number of piperazine rings is 1. The number of rotatable bonds is 4. The minimum Gasteiger partial charge on any atom is -0.336 e. The number of nitrogens with zero attached hydrogens (tertiary/aromatic N) is 4. The second-order valence-corrected chi connectivity index (χ2v) is 9.52. The van der Waals surface area contributed by atoms with Crippen LogP contribution in [-0.4, -0.2) is 70.6 Å². The van der Waals surface area contributed by atoms with Gasteiger partial charge in [-0.05, 0) is 17.2 Å². The summed E-state index contributed by atoms with van der Waals surface area (Å²) in [6, 6.07) is 9.73. The summed E-state index contributed by atoms with van der Waals surface area (Å²) in [6.45, 7) is 4.15. The first-order valence-electron chi connectivity index (χ1n) is 9.19. The van der Waals surface area contributed by atoms with Crippen LogP contribution in [0.3, 0.4) is 0 Å². The SMILES string of the molecule is CC(=O)N1CCN(Cc2ccccc2Cn2cccn2)[C@H]2CS(=O)(=O)C[C@H]21. The lowest BCUT2D eigenvalue weighted by molar-refractivity contribution is -0.134. The molecule has 0 N–H and O–H groups in total. The van der Waals surface area contributed by atoms with Gasteiger partial charge in [-0.15, -0.1) is 0 Å². The average Bonchev–Trinajstić information content (AvgIpc) is 3.23. The van der Waals surface area contributed by atoms with Crippen molar-refractivity contribution < 1.29 is 13.2 Å². The summed E-state index contributed by atoms with van der Waals surface area (Å²) in [5.41, 5.74) is 2.35. The zero-order valence-electron chi connectivity index (χ0n) is 15.4. The summed E-state index contributed by atoms with van der Waals surface area (Å²) >= 11 is 0. The molecule has 0 radical (unpaired) electrons. The number of benzene rings is 1. The summed E-state index contributed by atoms with van der Waals surface area (Å²) < 4.78 is 26.4. The molecule has 2 atom stereocenters. The monoisotopic (exact) mass is 388 g/mol. The van der Waals surface area contributed by atoms with E-state index in [1.165, 1.54) is 18.1 Å². The molecule has 2 aliphatic rings. The van der Waals surface area contributed by atoms with E-state index in [1.807, 2.05) is 29.1 Å². The van der Waals surface area contributed by atoms with Crippen LogP contribution in [0.2, 0.25) is 0 Å². The summed E-state index contributed by atoms with van der Waals surface area (Å²) in [7, 11) is -3.12. The van der Waals surface area contributed by atoms with Gasteiger partial charge in [-0.2, -0.15) is 5.10 Å². The fourth-order valence-electron chi connectivity index (χ4n) is 4.27. The first kappa shape index (κ1) is 18.2. The number of carbonyl (C=O) groups is 1. The molecule has 0 aliphatic carbocycles. The number of hydrogen-bond donors (Lipinski definition) is 0. The van der Waals surface area contributed by atoms with Crippen LogP contribution in [-0.2, 0) is 27.7 Å². The van der Waals surface area contributed by atoms with Crippen molar-refractivity contribution in [2.45, 2.75) is 32.1 Å². The molecule has 8 heteroatoms. The summed E-state index contributed by atoms with van der Waals surface area (Å²) in [5.74, 6) is 0.159. The fraction of sp³-hybridized carbons (Fsp3) is 0.474. The van der Waals surface area contributed by atoms with Crippen LogP contribution >= 0.6 is 0 Å². The van der Waals surface area contributed by atoms with Gasteiger partial charge in [0.2, 0.25) is 5.91 Å². The molecule has 27 heavy (non-hydrogen) atoms. The maximum absolute atomic E-state index is 12.3. The van der Waals surface area contributed by atoms with Gasteiger partial charge in [0.15, 0.2) is 9.84 Å². The standard InChI is InChI=1S/C19H24N4O3S/c1-15(24)23-10-9-21(18-13-27(25,26)14-19(18)23)11-16-5-2-3-6-17(16)12-22-8-4-7-20-22/h2-8,18-19H,9-14H2,1H3/t18-,19+/m0/s1. The van der Waals surface area contributed by atoms with Gasteiger partial charge in [-0.3, -0.25) is 14.4 Å². The third-order valence-electron chi connectivity index (χ3n) is 5.58. The molecule has 0 bridgehead atoms. The third-order valence-corrected chi connectivity index (χ3v) is 7.28.